The first-order valence-corrected chi connectivity index (χ1v) is 10.8. The van der Waals surface area contributed by atoms with Crippen LogP contribution in [-0.4, -0.2) is 41.5 Å². The van der Waals surface area contributed by atoms with Crippen molar-refractivity contribution in [3.8, 4) is 5.75 Å². The second-order valence-corrected chi connectivity index (χ2v) is 9.52. The maximum Gasteiger partial charge on any atom is 0.266 e. The van der Waals surface area contributed by atoms with Crippen LogP contribution in [0.1, 0.15) is 18.4 Å². The van der Waals surface area contributed by atoms with Gasteiger partial charge in [-0.25, -0.2) is 0 Å². The highest BCUT2D eigenvalue weighted by atomic mass is 127. The number of halogens is 2. The standard InChI is InChI=1S/C16H15I2NO3S2/c1-21-14-9(5-10(17)7-12(14)18)6-13-15(20)19(16(23)24-13)8-11-3-2-4-22-11/h5-7,11H,2-4,8H2,1H3/b13-6-/t11-/m1/s1. The molecule has 1 aromatic rings. The molecular weight excluding hydrogens is 572 g/mol. The number of benzene rings is 1. The molecule has 0 saturated carbocycles. The third-order valence-electron chi connectivity index (χ3n) is 3.81. The maximum atomic E-state index is 12.7. The molecule has 1 amide bonds. The zero-order chi connectivity index (χ0) is 17.3. The Hall–Kier alpha value is 0.0900. The van der Waals surface area contributed by atoms with Crippen LogP contribution >= 0.6 is 69.2 Å². The normalized spacial score (nSPS) is 22.7. The zero-order valence-corrected chi connectivity index (χ0v) is 18.8. The van der Waals surface area contributed by atoms with Gasteiger partial charge in [0.25, 0.3) is 5.91 Å². The molecule has 0 radical (unpaired) electrons. The molecule has 3 rings (SSSR count). The second-order valence-electron chi connectivity index (χ2n) is 5.44. The number of amides is 1. The second kappa shape index (κ2) is 8.19. The predicted molar refractivity (Wildman–Crippen MR) is 117 cm³/mol. The highest BCUT2D eigenvalue weighted by Crippen LogP contribution is 2.36. The molecule has 2 saturated heterocycles. The van der Waals surface area contributed by atoms with Gasteiger partial charge < -0.3 is 9.47 Å². The molecule has 2 fully saturated rings. The van der Waals surface area contributed by atoms with Crippen LogP contribution in [0.4, 0.5) is 0 Å². The van der Waals surface area contributed by atoms with E-state index in [1.807, 2.05) is 18.2 Å². The van der Waals surface area contributed by atoms with E-state index in [1.165, 1.54) is 11.8 Å². The van der Waals surface area contributed by atoms with Crippen molar-refractivity contribution in [2.45, 2.75) is 18.9 Å². The minimum absolute atomic E-state index is 0.0450. The Bertz CT molecular complexity index is 718. The fraction of sp³-hybridized carbons (Fsp3) is 0.375. The van der Waals surface area contributed by atoms with Crippen molar-refractivity contribution >= 4 is 85.5 Å². The highest BCUT2D eigenvalue weighted by molar-refractivity contribution is 14.1. The number of methoxy groups -OCH3 is 1. The molecule has 1 aromatic carbocycles. The zero-order valence-electron chi connectivity index (χ0n) is 12.9. The summed E-state index contributed by atoms with van der Waals surface area (Å²) in [7, 11) is 1.64. The number of hydrogen-bond acceptors (Lipinski definition) is 5. The van der Waals surface area contributed by atoms with Gasteiger partial charge in [0.05, 0.1) is 28.2 Å². The molecule has 24 heavy (non-hydrogen) atoms. The molecule has 4 nitrogen and oxygen atoms in total. The molecule has 2 heterocycles. The van der Waals surface area contributed by atoms with E-state index >= 15 is 0 Å². The smallest absolute Gasteiger partial charge is 0.266 e. The van der Waals surface area contributed by atoms with Crippen molar-refractivity contribution in [2.75, 3.05) is 20.3 Å². The maximum absolute atomic E-state index is 12.7. The number of rotatable bonds is 4. The van der Waals surface area contributed by atoms with Crippen LogP contribution in [0.2, 0.25) is 0 Å². The lowest BCUT2D eigenvalue weighted by molar-refractivity contribution is -0.123. The molecule has 128 valence electrons. The van der Waals surface area contributed by atoms with Crippen molar-refractivity contribution in [1.29, 1.82) is 0 Å². The van der Waals surface area contributed by atoms with Crippen molar-refractivity contribution < 1.29 is 14.3 Å². The third kappa shape index (κ3) is 4.08. The van der Waals surface area contributed by atoms with Crippen molar-refractivity contribution in [3.63, 3.8) is 0 Å². The van der Waals surface area contributed by atoms with Crippen LogP contribution < -0.4 is 4.74 Å². The van der Waals surface area contributed by atoms with E-state index in [4.69, 9.17) is 21.7 Å². The summed E-state index contributed by atoms with van der Waals surface area (Å²) in [5, 5.41) is 0. The molecule has 0 N–H and O–H groups in total. The van der Waals surface area contributed by atoms with Gasteiger partial charge in [-0.3, -0.25) is 9.69 Å². The Kier molecular flexibility index (Phi) is 6.44. The van der Waals surface area contributed by atoms with E-state index in [0.717, 1.165) is 37.9 Å². The van der Waals surface area contributed by atoms with Gasteiger partial charge in [-0.15, -0.1) is 0 Å². The fourth-order valence-electron chi connectivity index (χ4n) is 2.69. The average Bonchev–Trinajstić information content (AvgIpc) is 3.11. The Morgan fingerprint density at radius 2 is 2.29 bits per heavy atom. The van der Waals surface area contributed by atoms with Crippen LogP contribution in [-0.2, 0) is 9.53 Å². The summed E-state index contributed by atoms with van der Waals surface area (Å²) in [5.41, 5.74) is 0.895. The SMILES string of the molecule is COc1c(I)cc(I)cc1/C=C1\SC(=S)N(C[C@H]2CCCO2)C1=O. The number of ether oxygens (including phenoxy) is 2. The number of carbonyl (C=O) groups excluding carboxylic acids is 1. The van der Waals surface area contributed by atoms with Gasteiger partial charge in [-0.1, -0.05) is 24.0 Å². The van der Waals surface area contributed by atoms with Gasteiger partial charge in [-0.05, 0) is 76.2 Å². The van der Waals surface area contributed by atoms with E-state index in [0.29, 0.717) is 15.8 Å². The van der Waals surface area contributed by atoms with E-state index in [2.05, 4.69) is 45.2 Å². The molecule has 0 spiro atoms. The lowest BCUT2D eigenvalue weighted by Gasteiger charge is -2.18. The first-order valence-electron chi connectivity index (χ1n) is 7.39. The lowest BCUT2D eigenvalue weighted by atomic mass is 10.2. The molecule has 2 aliphatic rings. The summed E-state index contributed by atoms with van der Waals surface area (Å²) in [6.45, 7) is 1.32. The van der Waals surface area contributed by atoms with Gasteiger partial charge in [0, 0.05) is 15.7 Å². The minimum atomic E-state index is -0.0450. The fourth-order valence-corrected chi connectivity index (χ4v) is 6.07. The number of thiocarbonyl (C=S) groups is 1. The first kappa shape index (κ1) is 18.9. The Morgan fingerprint density at radius 3 is 2.96 bits per heavy atom. The molecule has 2 aliphatic heterocycles. The van der Waals surface area contributed by atoms with Gasteiger partial charge in [0.2, 0.25) is 0 Å². The van der Waals surface area contributed by atoms with Crippen LogP contribution in [0, 0.1) is 7.14 Å². The summed E-state index contributed by atoms with van der Waals surface area (Å²) in [6.07, 6.45) is 4.00. The van der Waals surface area contributed by atoms with Gasteiger partial charge >= 0.3 is 0 Å². The molecule has 0 aromatic heterocycles. The number of nitrogens with zero attached hydrogens (tertiary/aromatic N) is 1. The van der Waals surface area contributed by atoms with E-state index in [9.17, 15) is 4.79 Å². The monoisotopic (exact) mass is 587 g/mol. The summed E-state index contributed by atoms with van der Waals surface area (Å²) < 4.78 is 13.8. The summed E-state index contributed by atoms with van der Waals surface area (Å²) in [5.74, 6) is 0.733. The summed E-state index contributed by atoms with van der Waals surface area (Å²) >= 11 is 11.2. The van der Waals surface area contributed by atoms with Gasteiger partial charge in [0.1, 0.15) is 10.1 Å². The average molecular weight is 587 g/mol. The van der Waals surface area contributed by atoms with Crippen molar-refractivity contribution in [3.05, 3.63) is 29.7 Å². The Morgan fingerprint density at radius 1 is 1.50 bits per heavy atom. The molecule has 1 atom stereocenters. The summed E-state index contributed by atoms with van der Waals surface area (Å²) in [6, 6.07) is 4.05. The third-order valence-corrected chi connectivity index (χ3v) is 6.61. The van der Waals surface area contributed by atoms with Crippen LogP contribution in [0.15, 0.2) is 17.0 Å². The highest BCUT2D eigenvalue weighted by Gasteiger charge is 2.34. The van der Waals surface area contributed by atoms with Crippen LogP contribution in [0.5, 0.6) is 5.75 Å². The lowest BCUT2D eigenvalue weighted by Crippen LogP contribution is -2.35. The Balaban J connectivity index is 1.86. The van der Waals surface area contributed by atoms with Crippen molar-refractivity contribution in [2.24, 2.45) is 0 Å². The quantitative estimate of drug-likeness (QED) is 0.299. The summed E-state index contributed by atoms with van der Waals surface area (Å²) in [4.78, 5) is 15.0. The minimum Gasteiger partial charge on any atom is -0.495 e. The van der Waals surface area contributed by atoms with Crippen LogP contribution in [0.25, 0.3) is 6.08 Å². The van der Waals surface area contributed by atoms with Gasteiger partial charge in [0.15, 0.2) is 0 Å². The van der Waals surface area contributed by atoms with E-state index < -0.39 is 0 Å². The Labute approximate surface area is 178 Å². The predicted octanol–water partition coefficient (Wildman–Crippen LogP) is 4.28. The topological polar surface area (TPSA) is 38.8 Å². The molecule has 0 unspecified atom stereocenters. The molecule has 0 bridgehead atoms. The molecule has 0 aliphatic carbocycles. The molecular formula is C16H15I2NO3S2. The first-order chi connectivity index (χ1) is 11.5. The number of hydrogen-bond donors (Lipinski definition) is 0. The van der Waals surface area contributed by atoms with E-state index in [-0.39, 0.29) is 12.0 Å². The van der Waals surface area contributed by atoms with Crippen LogP contribution in [0.3, 0.4) is 0 Å². The molecule has 8 heteroatoms. The number of thioether (sulfide) groups is 1. The largest absolute Gasteiger partial charge is 0.495 e. The van der Waals surface area contributed by atoms with E-state index in [1.54, 1.807) is 12.0 Å². The van der Waals surface area contributed by atoms with Crippen molar-refractivity contribution in [1.82, 2.24) is 4.90 Å². The number of carbonyl (C=O) groups is 1. The van der Waals surface area contributed by atoms with Gasteiger partial charge in [-0.2, -0.15) is 0 Å².